The first kappa shape index (κ1) is 23.6. The van der Waals surface area contributed by atoms with Crippen molar-refractivity contribution >= 4 is 0 Å². The Balaban J connectivity index is 0.000000280. The third kappa shape index (κ3) is 6.64. The van der Waals surface area contributed by atoms with Gasteiger partial charge in [0.2, 0.25) is 0 Å². The van der Waals surface area contributed by atoms with Gasteiger partial charge in [-0.1, -0.05) is 18.2 Å². The maximum absolute atomic E-state index is 12.1. The fourth-order valence-corrected chi connectivity index (χ4v) is 1.85. The van der Waals surface area contributed by atoms with Crippen molar-refractivity contribution in [3.8, 4) is 0 Å². The summed E-state index contributed by atoms with van der Waals surface area (Å²) in [6, 6.07) is 4.64. The fourth-order valence-electron chi connectivity index (χ4n) is 1.85. The van der Waals surface area contributed by atoms with Crippen LogP contribution in [0.25, 0.3) is 0 Å². The molecule has 12 heteroatoms. The SMILES string of the molecule is FC(F)(F)c1cccc(C(F)(F)F)c1.FC(F)(F)c1ccccc1C(F)(F)F. The highest BCUT2D eigenvalue weighted by Gasteiger charge is 2.42. The molecule has 2 rings (SSSR count). The molecule has 0 unspecified atom stereocenters. The Hall–Kier alpha value is -2.40. The van der Waals surface area contributed by atoms with E-state index in [9.17, 15) is 52.7 Å². The fraction of sp³-hybridized carbons (Fsp3) is 0.250. The maximum Gasteiger partial charge on any atom is 0.417 e. The largest absolute Gasteiger partial charge is 0.417 e. The molecule has 0 nitrogen and oxygen atoms in total. The molecule has 0 N–H and O–H groups in total. The van der Waals surface area contributed by atoms with E-state index in [1.807, 2.05) is 0 Å². The molecular formula is C16H8F12. The maximum atomic E-state index is 12.1. The Morgan fingerprint density at radius 3 is 0.964 bits per heavy atom. The topological polar surface area (TPSA) is 0 Å². The lowest BCUT2D eigenvalue weighted by atomic mass is 10.1. The molecule has 156 valence electrons. The smallest absolute Gasteiger partial charge is 0.166 e. The Morgan fingerprint density at radius 1 is 0.393 bits per heavy atom. The van der Waals surface area contributed by atoms with Crippen LogP contribution in [-0.2, 0) is 24.7 Å². The predicted molar refractivity (Wildman–Crippen MR) is 72.9 cm³/mol. The van der Waals surface area contributed by atoms with Crippen molar-refractivity contribution in [1.82, 2.24) is 0 Å². The van der Waals surface area contributed by atoms with Gasteiger partial charge in [0.05, 0.1) is 22.3 Å². The molecule has 2 aromatic carbocycles. The van der Waals surface area contributed by atoms with E-state index in [-0.39, 0.29) is 6.07 Å². The van der Waals surface area contributed by atoms with Crippen molar-refractivity contribution in [3.63, 3.8) is 0 Å². The van der Waals surface area contributed by atoms with Crippen molar-refractivity contribution in [2.45, 2.75) is 24.7 Å². The van der Waals surface area contributed by atoms with Gasteiger partial charge in [0.25, 0.3) is 0 Å². The van der Waals surface area contributed by atoms with Crippen LogP contribution in [-0.4, -0.2) is 0 Å². The van der Waals surface area contributed by atoms with E-state index < -0.39 is 47.0 Å². The van der Waals surface area contributed by atoms with Crippen LogP contribution in [0.1, 0.15) is 22.3 Å². The molecule has 0 bridgehead atoms. The number of hydrogen-bond acceptors (Lipinski definition) is 0. The number of rotatable bonds is 0. The van der Waals surface area contributed by atoms with Gasteiger partial charge in [-0.3, -0.25) is 0 Å². The highest BCUT2D eigenvalue weighted by molar-refractivity contribution is 5.31. The first-order valence-electron chi connectivity index (χ1n) is 6.92. The van der Waals surface area contributed by atoms with Crippen molar-refractivity contribution < 1.29 is 52.7 Å². The summed E-state index contributed by atoms with van der Waals surface area (Å²) in [6.07, 6.45) is -19.5. The lowest BCUT2D eigenvalue weighted by Gasteiger charge is -2.14. The van der Waals surface area contributed by atoms with Gasteiger partial charge >= 0.3 is 24.7 Å². The van der Waals surface area contributed by atoms with E-state index in [2.05, 4.69) is 0 Å². The Labute approximate surface area is 149 Å². The van der Waals surface area contributed by atoms with E-state index in [0.29, 0.717) is 24.3 Å². The van der Waals surface area contributed by atoms with Gasteiger partial charge in [0.15, 0.2) is 0 Å². The number of alkyl halides is 12. The van der Waals surface area contributed by atoms with Gasteiger partial charge in [-0.25, -0.2) is 0 Å². The molecule has 0 aliphatic carbocycles. The molecule has 2 aromatic rings. The first-order valence-corrected chi connectivity index (χ1v) is 6.92. The summed E-state index contributed by atoms with van der Waals surface area (Å²) >= 11 is 0. The molecule has 0 saturated carbocycles. The van der Waals surface area contributed by atoms with Crippen LogP contribution in [0.5, 0.6) is 0 Å². The Bertz CT molecular complexity index is 715. The van der Waals surface area contributed by atoms with E-state index in [1.165, 1.54) is 0 Å². The number of hydrogen-bond donors (Lipinski definition) is 0. The van der Waals surface area contributed by atoms with Gasteiger partial charge in [0.1, 0.15) is 0 Å². The van der Waals surface area contributed by atoms with Gasteiger partial charge in [0, 0.05) is 0 Å². The van der Waals surface area contributed by atoms with Crippen LogP contribution < -0.4 is 0 Å². The summed E-state index contributed by atoms with van der Waals surface area (Å²) in [6.45, 7) is 0. The van der Waals surface area contributed by atoms with Crippen LogP contribution in [0.3, 0.4) is 0 Å². The van der Waals surface area contributed by atoms with Crippen molar-refractivity contribution in [2.75, 3.05) is 0 Å². The molecule has 0 atom stereocenters. The molecule has 0 aliphatic heterocycles. The lowest BCUT2D eigenvalue weighted by molar-refractivity contribution is -0.162. The molecule has 0 aromatic heterocycles. The Kier molecular flexibility index (Phi) is 6.68. The minimum absolute atomic E-state index is 0.0833. The molecule has 0 aliphatic rings. The summed E-state index contributed by atoms with van der Waals surface area (Å²) in [4.78, 5) is 0. The molecule has 0 radical (unpaired) electrons. The summed E-state index contributed by atoms with van der Waals surface area (Å²) in [5.74, 6) is 0. The highest BCUT2D eigenvalue weighted by Crippen LogP contribution is 2.39. The predicted octanol–water partition coefficient (Wildman–Crippen LogP) is 7.45. The van der Waals surface area contributed by atoms with Crippen LogP contribution >= 0.6 is 0 Å². The summed E-state index contributed by atoms with van der Waals surface area (Å²) in [5.41, 5.74) is -5.92. The second-order valence-corrected chi connectivity index (χ2v) is 5.12. The molecule has 0 spiro atoms. The van der Waals surface area contributed by atoms with Gasteiger partial charge in [-0.05, 0) is 30.3 Å². The standard InChI is InChI=1S/2C8H4F6/c9-7(10,11)5-2-1-3-6(4-5)8(12,13)14;9-7(10,11)5-3-1-2-4-6(5)8(12,13)14/h2*1-4H. The highest BCUT2D eigenvalue weighted by atomic mass is 19.4. The quantitative estimate of drug-likeness (QED) is 0.383. The van der Waals surface area contributed by atoms with E-state index >= 15 is 0 Å². The second kappa shape index (κ2) is 7.92. The average molecular weight is 428 g/mol. The van der Waals surface area contributed by atoms with Gasteiger partial charge in [-0.15, -0.1) is 0 Å². The number of benzene rings is 2. The molecule has 0 saturated heterocycles. The first-order chi connectivity index (χ1) is 12.4. The van der Waals surface area contributed by atoms with Gasteiger partial charge < -0.3 is 0 Å². The zero-order valence-electron chi connectivity index (χ0n) is 13.2. The Morgan fingerprint density at radius 2 is 0.714 bits per heavy atom. The van der Waals surface area contributed by atoms with Crippen molar-refractivity contribution in [1.29, 1.82) is 0 Å². The van der Waals surface area contributed by atoms with Crippen LogP contribution in [0.2, 0.25) is 0 Å². The summed E-state index contributed by atoms with van der Waals surface area (Å²) in [7, 11) is 0. The van der Waals surface area contributed by atoms with Crippen LogP contribution in [0.4, 0.5) is 52.7 Å². The zero-order chi connectivity index (χ0) is 22.0. The lowest BCUT2D eigenvalue weighted by Crippen LogP contribution is -2.15. The monoisotopic (exact) mass is 428 g/mol. The molecule has 0 amide bonds. The third-order valence-electron chi connectivity index (χ3n) is 3.06. The minimum atomic E-state index is -4.98. The molecule has 28 heavy (non-hydrogen) atoms. The minimum Gasteiger partial charge on any atom is -0.166 e. The zero-order valence-corrected chi connectivity index (χ0v) is 13.2. The molecular weight excluding hydrogens is 420 g/mol. The average Bonchev–Trinajstić information content (AvgIpc) is 2.52. The number of halogens is 12. The van der Waals surface area contributed by atoms with Crippen LogP contribution in [0, 0.1) is 0 Å². The normalized spacial score (nSPS) is 13.0. The summed E-state index contributed by atoms with van der Waals surface area (Å²) < 4.78 is 144. The van der Waals surface area contributed by atoms with Crippen molar-refractivity contribution in [2.24, 2.45) is 0 Å². The van der Waals surface area contributed by atoms with E-state index in [1.54, 1.807) is 0 Å². The molecule has 0 heterocycles. The summed E-state index contributed by atoms with van der Waals surface area (Å²) in [5, 5.41) is 0. The van der Waals surface area contributed by atoms with Gasteiger partial charge in [-0.2, -0.15) is 52.7 Å². The molecule has 0 fully saturated rings. The second-order valence-electron chi connectivity index (χ2n) is 5.12. The van der Waals surface area contributed by atoms with Crippen LogP contribution in [0.15, 0.2) is 48.5 Å². The van der Waals surface area contributed by atoms with E-state index in [4.69, 9.17) is 0 Å². The van der Waals surface area contributed by atoms with E-state index in [0.717, 1.165) is 18.2 Å². The third-order valence-corrected chi connectivity index (χ3v) is 3.06. The van der Waals surface area contributed by atoms with Crippen molar-refractivity contribution in [3.05, 3.63) is 70.8 Å².